The van der Waals surface area contributed by atoms with Gasteiger partial charge in [-0.05, 0) is 37.7 Å². The first-order valence-corrected chi connectivity index (χ1v) is 9.37. The molecule has 5 nitrogen and oxygen atoms in total. The molecule has 0 amide bonds. The second-order valence-electron chi connectivity index (χ2n) is 5.79. The standard InChI is InChI=1S/C17H25N5S.HI/c1-3-18-17(19-11-13-7-6-10-23-13)20-12-16-21-14-8-4-5-9-15(14)22(16)2;/h4-5,8-9,13H,3,6-7,10-12H2,1-2H3,(H2,18,19,20);1H. The van der Waals surface area contributed by atoms with Gasteiger partial charge in [-0.15, -0.1) is 24.0 Å². The maximum Gasteiger partial charge on any atom is 0.191 e. The van der Waals surface area contributed by atoms with Crippen molar-refractivity contribution in [2.45, 2.75) is 31.6 Å². The second kappa shape index (κ2) is 9.50. The minimum Gasteiger partial charge on any atom is -0.357 e. The van der Waals surface area contributed by atoms with Crippen molar-refractivity contribution >= 4 is 52.7 Å². The van der Waals surface area contributed by atoms with Gasteiger partial charge in [0.25, 0.3) is 0 Å². The van der Waals surface area contributed by atoms with Crippen molar-refractivity contribution in [3.63, 3.8) is 0 Å². The Morgan fingerprint density at radius 3 is 2.92 bits per heavy atom. The maximum absolute atomic E-state index is 4.70. The molecular formula is C17H26IN5S. The van der Waals surface area contributed by atoms with Crippen LogP contribution in [0.3, 0.4) is 0 Å². The zero-order valence-electron chi connectivity index (χ0n) is 14.3. The van der Waals surface area contributed by atoms with Crippen LogP contribution >= 0.6 is 35.7 Å². The summed E-state index contributed by atoms with van der Waals surface area (Å²) < 4.78 is 2.12. The van der Waals surface area contributed by atoms with Gasteiger partial charge >= 0.3 is 0 Å². The summed E-state index contributed by atoms with van der Waals surface area (Å²) in [5.41, 5.74) is 2.18. The number of fused-ring (bicyclic) bond motifs is 1. The number of imidazole rings is 1. The fourth-order valence-corrected chi connectivity index (χ4v) is 4.05. The molecule has 0 spiro atoms. The van der Waals surface area contributed by atoms with Gasteiger partial charge in [-0.25, -0.2) is 9.98 Å². The number of thioether (sulfide) groups is 1. The Labute approximate surface area is 165 Å². The van der Waals surface area contributed by atoms with Gasteiger partial charge < -0.3 is 15.2 Å². The molecule has 24 heavy (non-hydrogen) atoms. The first-order chi connectivity index (χ1) is 11.3. The number of guanidine groups is 1. The molecule has 0 saturated carbocycles. The first-order valence-electron chi connectivity index (χ1n) is 8.32. The monoisotopic (exact) mass is 459 g/mol. The number of aliphatic imine (C=N–C) groups is 1. The number of hydrogen-bond acceptors (Lipinski definition) is 3. The van der Waals surface area contributed by atoms with Crippen LogP contribution in [-0.4, -0.2) is 39.6 Å². The molecule has 1 aromatic carbocycles. The highest BCUT2D eigenvalue weighted by Crippen LogP contribution is 2.25. The summed E-state index contributed by atoms with van der Waals surface area (Å²) in [7, 11) is 2.05. The number of nitrogens with one attached hydrogen (secondary N) is 2. The number of halogens is 1. The van der Waals surface area contributed by atoms with Crippen molar-refractivity contribution in [1.29, 1.82) is 0 Å². The smallest absolute Gasteiger partial charge is 0.191 e. The van der Waals surface area contributed by atoms with Crippen LogP contribution in [0.25, 0.3) is 11.0 Å². The van der Waals surface area contributed by atoms with Crippen molar-refractivity contribution in [3.05, 3.63) is 30.1 Å². The molecule has 2 N–H and O–H groups in total. The van der Waals surface area contributed by atoms with E-state index < -0.39 is 0 Å². The number of benzene rings is 1. The van der Waals surface area contributed by atoms with E-state index in [1.807, 2.05) is 18.2 Å². The predicted octanol–water partition coefficient (Wildman–Crippen LogP) is 3.14. The Kier molecular flexibility index (Phi) is 7.67. The maximum atomic E-state index is 4.70. The molecular weight excluding hydrogens is 433 g/mol. The third-order valence-electron chi connectivity index (χ3n) is 4.12. The number of aromatic nitrogens is 2. The zero-order chi connectivity index (χ0) is 16.1. The van der Waals surface area contributed by atoms with E-state index in [9.17, 15) is 0 Å². The second-order valence-corrected chi connectivity index (χ2v) is 7.20. The van der Waals surface area contributed by atoms with Gasteiger partial charge in [0, 0.05) is 25.4 Å². The van der Waals surface area contributed by atoms with Crippen LogP contribution in [0.2, 0.25) is 0 Å². The molecule has 0 aliphatic carbocycles. The van der Waals surface area contributed by atoms with Crippen molar-refractivity contribution in [3.8, 4) is 0 Å². The number of nitrogens with zero attached hydrogens (tertiary/aromatic N) is 3. The summed E-state index contributed by atoms with van der Waals surface area (Å²) in [6, 6.07) is 8.20. The zero-order valence-corrected chi connectivity index (χ0v) is 17.4. The summed E-state index contributed by atoms with van der Waals surface area (Å²) in [6.45, 7) is 4.53. The molecule has 2 aromatic rings. The van der Waals surface area contributed by atoms with Gasteiger partial charge in [0.05, 0.1) is 11.0 Å². The van der Waals surface area contributed by atoms with Gasteiger partial charge in [0.1, 0.15) is 12.4 Å². The van der Waals surface area contributed by atoms with E-state index in [2.05, 4.69) is 52.0 Å². The molecule has 1 saturated heterocycles. The summed E-state index contributed by atoms with van der Waals surface area (Å²) in [4.78, 5) is 9.38. The molecule has 1 fully saturated rings. The molecule has 1 unspecified atom stereocenters. The number of aryl methyl sites for hydroxylation is 1. The van der Waals surface area contributed by atoms with Crippen LogP contribution < -0.4 is 10.6 Å². The lowest BCUT2D eigenvalue weighted by molar-refractivity contribution is 0.722. The van der Waals surface area contributed by atoms with E-state index in [0.29, 0.717) is 6.54 Å². The van der Waals surface area contributed by atoms with Crippen molar-refractivity contribution in [2.24, 2.45) is 12.0 Å². The summed E-state index contributed by atoms with van der Waals surface area (Å²) in [5.74, 6) is 3.16. The summed E-state index contributed by atoms with van der Waals surface area (Å²) >= 11 is 2.06. The molecule has 0 radical (unpaired) electrons. The van der Waals surface area contributed by atoms with Crippen molar-refractivity contribution < 1.29 is 0 Å². The molecule has 1 atom stereocenters. The minimum absolute atomic E-state index is 0. The van der Waals surface area contributed by atoms with E-state index in [1.165, 1.54) is 18.6 Å². The summed E-state index contributed by atoms with van der Waals surface area (Å²) in [6.07, 6.45) is 2.65. The molecule has 1 aromatic heterocycles. The third-order valence-corrected chi connectivity index (χ3v) is 5.52. The lowest BCUT2D eigenvalue weighted by Gasteiger charge is -2.14. The van der Waals surface area contributed by atoms with Gasteiger partial charge in [-0.1, -0.05) is 12.1 Å². The first kappa shape index (κ1) is 19.4. The van der Waals surface area contributed by atoms with Crippen molar-refractivity contribution in [1.82, 2.24) is 20.2 Å². The van der Waals surface area contributed by atoms with Crippen LogP contribution in [0.1, 0.15) is 25.6 Å². The van der Waals surface area contributed by atoms with Gasteiger partial charge in [-0.3, -0.25) is 0 Å². The van der Waals surface area contributed by atoms with Crippen LogP contribution in [-0.2, 0) is 13.6 Å². The Hall–Kier alpha value is -0.960. The average Bonchev–Trinajstić information content (AvgIpc) is 3.19. The predicted molar refractivity (Wildman–Crippen MR) is 114 cm³/mol. The fourth-order valence-electron chi connectivity index (χ4n) is 2.84. The lowest BCUT2D eigenvalue weighted by Crippen LogP contribution is -2.40. The molecule has 7 heteroatoms. The Bertz CT molecular complexity index is 679. The van der Waals surface area contributed by atoms with Crippen LogP contribution in [0.4, 0.5) is 0 Å². The van der Waals surface area contributed by atoms with Gasteiger partial charge in [0.15, 0.2) is 5.96 Å². The molecule has 3 rings (SSSR count). The van der Waals surface area contributed by atoms with E-state index >= 15 is 0 Å². The Morgan fingerprint density at radius 2 is 2.21 bits per heavy atom. The van der Waals surface area contributed by atoms with Crippen LogP contribution in [0.15, 0.2) is 29.3 Å². The number of rotatable bonds is 5. The number of hydrogen-bond donors (Lipinski definition) is 2. The summed E-state index contributed by atoms with van der Waals surface area (Å²) in [5, 5.41) is 7.51. The highest BCUT2D eigenvalue weighted by molar-refractivity contribution is 14.0. The van der Waals surface area contributed by atoms with Gasteiger partial charge in [0.2, 0.25) is 0 Å². The Morgan fingerprint density at radius 1 is 1.38 bits per heavy atom. The molecule has 2 heterocycles. The molecule has 0 bridgehead atoms. The highest BCUT2D eigenvalue weighted by Gasteiger charge is 2.15. The Balaban J connectivity index is 0.00000208. The molecule has 132 valence electrons. The van der Waals surface area contributed by atoms with Crippen LogP contribution in [0, 0.1) is 0 Å². The largest absolute Gasteiger partial charge is 0.357 e. The van der Waals surface area contributed by atoms with E-state index in [-0.39, 0.29) is 24.0 Å². The molecule has 1 aliphatic rings. The van der Waals surface area contributed by atoms with E-state index in [0.717, 1.165) is 41.2 Å². The molecule has 1 aliphatic heterocycles. The van der Waals surface area contributed by atoms with E-state index in [1.54, 1.807) is 0 Å². The quantitative estimate of drug-likeness (QED) is 0.410. The van der Waals surface area contributed by atoms with E-state index in [4.69, 9.17) is 4.99 Å². The lowest BCUT2D eigenvalue weighted by atomic mass is 10.2. The average molecular weight is 459 g/mol. The SMILES string of the molecule is CCNC(=NCc1nc2ccccc2n1C)NCC1CCCS1.I. The van der Waals surface area contributed by atoms with Crippen molar-refractivity contribution in [2.75, 3.05) is 18.8 Å². The minimum atomic E-state index is 0. The fraction of sp³-hybridized carbons (Fsp3) is 0.529. The van der Waals surface area contributed by atoms with Gasteiger partial charge in [-0.2, -0.15) is 11.8 Å². The number of para-hydroxylation sites is 2. The topological polar surface area (TPSA) is 54.2 Å². The van der Waals surface area contributed by atoms with Crippen LogP contribution in [0.5, 0.6) is 0 Å². The normalized spacial score (nSPS) is 17.8. The highest BCUT2D eigenvalue weighted by atomic mass is 127. The third kappa shape index (κ3) is 4.78.